The molecule has 8 heteroatoms. The molecule has 0 N–H and O–H groups in total. The normalized spacial score (nSPS) is 11.8. The van der Waals surface area contributed by atoms with Gasteiger partial charge in [0.25, 0.3) is 5.82 Å². The van der Waals surface area contributed by atoms with E-state index in [-0.39, 0.29) is 11.2 Å². The zero-order valence-electron chi connectivity index (χ0n) is 8.52. The van der Waals surface area contributed by atoms with Crippen LogP contribution in [0.5, 0.6) is 0 Å². The molecule has 0 bridgehead atoms. The number of hydrogen-bond donors (Lipinski definition) is 0. The van der Waals surface area contributed by atoms with Crippen molar-refractivity contribution in [2.75, 3.05) is 7.11 Å². The predicted octanol–water partition coefficient (Wildman–Crippen LogP) is 1.53. The highest BCUT2D eigenvalue weighted by molar-refractivity contribution is 5.90. The van der Waals surface area contributed by atoms with E-state index in [0.29, 0.717) is 0 Å². The third-order valence-electron chi connectivity index (χ3n) is 2.01. The molecule has 90 valence electrons. The molecule has 0 amide bonds. The highest BCUT2D eigenvalue weighted by Crippen LogP contribution is 2.26. The summed E-state index contributed by atoms with van der Waals surface area (Å²) in [5.41, 5.74) is 0.0429. The van der Waals surface area contributed by atoms with E-state index in [4.69, 9.17) is 0 Å². The number of pyridine rings is 1. The topological polar surface area (TPSA) is 56.5 Å². The maximum Gasteiger partial charge on any atom is 0.453 e. The molecule has 17 heavy (non-hydrogen) atoms. The first-order valence-electron chi connectivity index (χ1n) is 4.44. The van der Waals surface area contributed by atoms with Crippen LogP contribution in [0, 0.1) is 0 Å². The second-order valence-electron chi connectivity index (χ2n) is 3.14. The molecule has 2 aromatic heterocycles. The third-order valence-corrected chi connectivity index (χ3v) is 2.01. The Morgan fingerprint density at radius 2 is 2.18 bits per heavy atom. The van der Waals surface area contributed by atoms with Gasteiger partial charge in [0, 0.05) is 6.20 Å². The fourth-order valence-electron chi connectivity index (χ4n) is 1.25. The Balaban J connectivity index is 2.52. The summed E-state index contributed by atoms with van der Waals surface area (Å²) < 4.78 is 42.3. The second kappa shape index (κ2) is 3.72. The molecule has 0 spiro atoms. The highest BCUT2D eigenvalue weighted by atomic mass is 19.4. The van der Waals surface area contributed by atoms with Crippen molar-refractivity contribution >= 4 is 11.6 Å². The summed E-state index contributed by atoms with van der Waals surface area (Å²) in [4.78, 5) is 14.4. The number of carbonyl (C=O) groups excluding carboxylic acids is 1. The summed E-state index contributed by atoms with van der Waals surface area (Å²) >= 11 is 0. The minimum absolute atomic E-state index is 0.0692. The molecule has 0 unspecified atom stereocenters. The quantitative estimate of drug-likeness (QED) is 0.715. The SMILES string of the molecule is COC(=O)c1ccn2nc(C(F)(F)F)nc2c1. The molecule has 0 fully saturated rings. The zero-order valence-corrected chi connectivity index (χ0v) is 8.52. The van der Waals surface area contributed by atoms with Crippen LogP contribution in [-0.4, -0.2) is 27.7 Å². The molecule has 0 aliphatic rings. The Morgan fingerprint density at radius 3 is 2.76 bits per heavy atom. The van der Waals surface area contributed by atoms with Crippen LogP contribution in [0.15, 0.2) is 18.3 Å². The summed E-state index contributed by atoms with van der Waals surface area (Å²) in [6.45, 7) is 0. The lowest BCUT2D eigenvalue weighted by atomic mass is 10.3. The van der Waals surface area contributed by atoms with E-state index in [1.807, 2.05) is 0 Å². The van der Waals surface area contributed by atoms with Gasteiger partial charge in [-0.3, -0.25) is 0 Å². The van der Waals surface area contributed by atoms with E-state index in [1.165, 1.54) is 25.4 Å². The van der Waals surface area contributed by atoms with Gasteiger partial charge >= 0.3 is 12.1 Å². The highest BCUT2D eigenvalue weighted by Gasteiger charge is 2.36. The van der Waals surface area contributed by atoms with Crippen LogP contribution in [0.25, 0.3) is 5.65 Å². The van der Waals surface area contributed by atoms with Gasteiger partial charge in [-0.25, -0.2) is 14.3 Å². The largest absolute Gasteiger partial charge is 0.465 e. The zero-order chi connectivity index (χ0) is 12.6. The minimum Gasteiger partial charge on any atom is -0.465 e. The molecule has 0 saturated heterocycles. The number of fused-ring (bicyclic) bond motifs is 1. The van der Waals surface area contributed by atoms with Gasteiger partial charge in [0.15, 0.2) is 5.65 Å². The molecule has 0 saturated carbocycles. The van der Waals surface area contributed by atoms with E-state index in [9.17, 15) is 18.0 Å². The maximum absolute atomic E-state index is 12.3. The monoisotopic (exact) mass is 245 g/mol. The fraction of sp³-hybridized carbons (Fsp3) is 0.222. The molecule has 5 nitrogen and oxygen atoms in total. The van der Waals surface area contributed by atoms with Crippen molar-refractivity contribution in [3.8, 4) is 0 Å². The summed E-state index contributed by atoms with van der Waals surface area (Å²) in [5, 5.41) is 3.24. The Morgan fingerprint density at radius 1 is 1.47 bits per heavy atom. The second-order valence-corrected chi connectivity index (χ2v) is 3.14. The smallest absolute Gasteiger partial charge is 0.453 e. The molecule has 2 aromatic rings. The fourth-order valence-corrected chi connectivity index (χ4v) is 1.25. The van der Waals surface area contributed by atoms with Crippen LogP contribution in [0.2, 0.25) is 0 Å². The van der Waals surface area contributed by atoms with Crippen LogP contribution < -0.4 is 0 Å². The van der Waals surface area contributed by atoms with Crippen LogP contribution in [0.1, 0.15) is 16.2 Å². The van der Waals surface area contributed by atoms with Gasteiger partial charge in [0.2, 0.25) is 0 Å². The van der Waals surface area contributed by atoms with E-state index in [0.717, 1.165) is 4.52 Å². The molecule has 2 rings (SSSR count). The standard InChI is InChI=1S/C9H6F3N3O2/c1-17-7(16)5-2-3-15-6(4-5)13-8(14-15)9(10,11)12/h2-4H,1H3. The van der Waals surface area contributed by atoms with E-state index in [1.54, 1.807) is 0 Å². The van der Waals surface area contributed by atoms with Gasteiger partial charge in [-0.2, -0.15) is 13.2 Å². The molecule has 0 atom stereocenters. The van der Waals surface area contributed by atoms with Gasteiger partial charge in [-0.05, 0) is 12.1 Å². The van der Waals surface area contributed by atoms with E-state index < -0.39 is 18.0 Å². The molecule has 0 aliphatic carbocycles. The predicted molar refractivity (Wildman–Crippen MR) is 49.3 cm³/mol. The van der Waals surface area contributed by atoms with Crippen molar-refractivity contribution in [3.63, 3.8) is 0 Å². The summed E-state index contributed by atoms with van der Waals surface area (Å²) in [5.74, 6) is -1.90. The van der Waals surface area contributed by atoms with Crippen LogP contribution in [0.3, 0.4) is 0 Å². The number of esters is 1. The van der Waals surface area contributed by atoms with E-state index >= 15 is 0 Å². The van der Waals surface area contributed by atoms with Crippen LogP contribution >= 0.6 is 0 Å². The molecular weight excluding hydrogens is 239 g/mol. The van der Waals surface area contributed by atoms with Gasteiger partial charge in [0.1, 0.15) is 0 Å². The number of nitrogens with zero attached hydrogens (tertiary/aromatic N) is 3. The van der Waals surface area contributed by atoms with Gasteiger partial charge in [-0.1, -0.05) is 0 Å². The number of halogens is 3. The van der Waals surface area contributed by atoms with Crippen molar-refractivity contribution in [2.45, 2.75) is 6.18 Å². The first kappa shape index (κ1) is 11.4. The van der Waals surface area contributed by atoms with Crippen molar-refractivity contribution in [3.05, 3.63) is 29.7 Å². The van der Waals surface area contributed by atoms with E-state index in [2.05, 4.69) is 14.8 Å². The Labute approximate surface area is 92.8 Å². The Kier molecular flexibility index (Phi) is 2.49. The van der Waals surface area contributed by atoms with Crippen molar-refractivity contribution in [1.29, 1.82) is 0 Å². The van der Waals surface area contributed by atoms with Gasteiger partial charge in [0.05, 0.1) is 12.7 Å². The maximum atomic E-state index is 12.3. The molecule has 0 aliphatic heterocycles. The minimum atomic E-state index is -4.61. The Hall–Kier alpha value is -2.12. The number of hydrogen-bond acceptors (Lipinski definition) is 4. The van der Waals surface area contributed by atoms with Crippen molar-refractivity contribution < 1.29 is 22.7 Å². The number of rotatable bonds is 1. The molecule has 0 radical (unpaired) electrons. The number of ether oxygens (including phenoxy) is 1. The molecular formula is C9H6F3N3O2. The first-order valence-corrected chi connectivity index (χ1v) is 4.44. The lowest BCUT2D eigenvalue weighted by molar-refractivity contribution is -0.144. The number of aromatic nitrogens is 3. The number of methoxy groups -OCH3 is 1. The number of alkyl halides is 3. The third kappa shape index (κ3) is 2.05. The van der Waals surface area contributed by atoms with Gasteiger partial charge in [-0.15, -0.1) is 5.10 Å². The Bertz CT molecular complexity index is 576. The van der Waals surface area contributed by atoms with Crippen molar-refractivity contribution in [1.82, 2.24) is 14.6 Å². The summed E-state index contributed by atoms with van der Waals surface area (Å²) in [6, 6.07) is 2.47. The van der Waals surface area contributed by atoms with Crippen LogP contribution in [-0.2, 0) is 10.9 Å². The average molecular weight is 245 g/mol. The van der Waals surface area contributed by atoms with Crippen LogP contribution in [0.4, 0.5) is 13.2 Å². The van der Waals surface area contributed by atoms with Gasteiger partial charge < -0.3 is 4.74 Å². The average Bonchev–Trinajstić information content (AvgIpc) is 2.70. The summed E-state index contributed by atoms with van der Waals surface area (Å²) in [6.07, 6.45) is -3.40. The summed E-state index contributed by atoms with van der Waals surface area (Å²) in [7, 11) is 1.18. The molecule has 0 aromatic carbocycles. The lowest BCUT2D eigenvalue weighted by Crippen LogP contribution is -2.07. The molecule has 2 heterocycles. The van der Waals surface area contributed by atoms with Crippen molar-refractivity contribution in [2.24, 2.45) is 0 Å². The first-order chi connectivity index (χ1) is 7.91. The number of carbonyl (C=O) groups is 1. The lowest BCUT2D eigenvalue weighted by Gasteiger charge is -1.97.